The molecule has 0 aliphatic rings. The minimum Gasteiger partial charge on any atom is -0.463 e. The van der Waals surface area contributed by atoms with Crippen LogP contribution in [0.2, 0.25) is 0 Å². The van der Waals surface area contributed by atoms with Crippen molar-refractivity contribution in [3.05, 3.63) is 0 Å². The average Bonchev–Trinajstić information content (AvgIpc) is 2.77. The van der Waals surface area contributed by atoms with Gasteiger partial charge in [0.25, 0.3) is 0 Å². The van der Waals surface area contributed by atoms with E-state index < -0.39 is 0 Å². The Morgan fingerprint density at radius 1 is 0.594 bits per heavy atom. The van der Waals surface area contributed by atoms with Crippen LogP contribution in [0, 0.1) is 5.92 Å². The van der Waals surface area contributed by atoms with E-state index in [-0.39, 0.29) is 12.6 Å². The minimum atomic E-state index is -0.126. The summed E-state index contributed by atoms with van der Waals surface area (Å²) in [5.74, 6) is 0.728. The van der Waals surface area contributed by atoms with Gasteiger partial charge in [0.1, 0.15) is 6.61 Å². The van der Waals surface area contributed by atoms with Crippen molar-refractivity contribution in [2.75, 3.05) is 52.9 Å². The molecule has 6 nitrogen and oxygen atoms in total. The predicted molar refractivity (Wildman–Crippen MR) is 130 cm³/mol. The van der Waals surface area contributed by atoms with Gasteiger partial charge in [-0.3, -0.25) is 4.79 Å². The van der Waals surface area contributed by atoms with Gasteiger partial charge in [0.05, 0.1) is 46.2 Å². The maximum Gasteiger partial charge on any atom is 0.305 e. The van der Waals surface area contributed by atoms with Gasteiger partial charge in [0.15, 0.2) is 0 Å². The summed E-state index contributed by atoms with van der Waals surface area (Å²) in [5, 5.41) is 8.56. The Kier molecular flexibility index (Phi) is 26.0. The number of rotatable bonds is 26. The third kappa shape index (κ3) is 27.3. The van der Waals surface area contributed by atoms with Crippen LogP contribution in [0.1, 0.15) is 104 Å². The second kappa shape index (κ2) is 26.6. The van der Waals surface area contributed by atoms with Crippen molar-refractivity contribution in [3.63, 3.8) is 0 Å². The largest absolute Gasteiger partial charge is 0.463 e. The first-order valence-electron chi connectivity index (χ1n) is 13.2. The monoisotopic (exact) mass is 460 g/mol. The lowest BCUT2D eigenvalue weighted by atomic mass is 10.0. The van der Waals surface area contributed by atoms with Crippen molar-refractivity contribution in [2.45, 2.75) is 104 Å². The van der Waals surface area contributed by atoms with Crippen LogP contribution in [0.3, 0.4) is 0 Å². The molecule has 0 rings (SSSR count). The van der Waals surface area contributed by atoms with E-state index in [2.05, 4.69) is 13.8 Å². The number of carbonyl (C=O) groups is 1. The Balaban J connectivity index is 3.15. The van der Waals surface area contributed by atoms with E-state index in [4.69, 9.17) is 24.1 Å². The lowest BCUT2D eigenvalue weighted by Crippen LogP contribution is -2.14. The second-order valence-corrected chi connectivity index (χ2v) is 8.96. The summed E-state index contributed by atoms with van der Waals surface area (Å²) in [6, 6.07) is 0. The first-order chi connectivity index (χ1) is 15.7. The van der Waals surface area contributed by atoms with E-state index in [0.717, 1.165) is 18.8 Å². The number of aliphatic hydroxyl groups is 1. The van der Waals surface area contributed by atoms with Crippen molar-refractivity contribution in [2.24, 2.45) is 5.92 Å². The predicted octanol–water partition coefficient (Wildman–Crippen LogP) is 5.69. The van der Waals surface area contributed by atoms with E-state index in [9.17, 15) is 4.79 Å². The van der Waals surface area contributed by atoms with Crippen molar-refractivity contribution in [3.8, 4) is 0 Å². The Morgan fingerprint density at radius 2 is 1.00 bits per heavy atom. The van der Waals surface area contributed by atoms with E-state index in [0.29, 0.717) is 52.7 Å². The topological polar surface area (TPSA) is 74.2 Å². The Hall–Kier alpha value is -0.690. The summed E-state index contributed by atoms with van der Waals surface area (Å²) < 4.78 is 20.9. The highest BCUT2D eigenvalue weighted by molar-refractivity contribution is 5.69. The molecule has 0 aromatic heterocycles. The zero-order valence-corrected chi connectivity index (χ0v) is 21.1. The zero-order chi connectivity index (χ0) is 23.5. The molecular weight excluding hydrogens is 408 g/mol. The second-order valence-electron chi connectivity index (χ2n) is 8.96. The fourth-order valence-electron chi connectivity index (χ4n) is 3.48. The summed E-state index contributed by atoms with van der Waals surface area (Å²) in [4.78, 5) is 11.7. The van der Waals surface area contributed by atoms with Crippen molar-refractivity contribution < 1.29 is 28.8 Å². The number of carbonyl (C=O) groups excluding carboxylic acids is 1. The molecule has 1 N–H and O–H groups in total. The molecule has 0 spiro atoms. The zero-order valence-electron chi connectivity index (χ0n) is 21.1. The minimum absolute atomic E-state index is 0.0286. The number of esters is 1. The molecular formula is C26H52O6. The van der Waals surface area contributed by atoms with Crippen LogP contribution >= 0.6 is 0 Å². The molecule has 0 atom stereocenters. The maximum atomic E-state index is 11.7. The molecule has 0 saturated heterocycles. The number of unbranched alkanes of at least 4 members (excludes halogenated alkanes) is 11. The molecule has 0 heterocycles. The fourth-order valence-corrected chi connectivity index (χ4v) is 3.48. The van der Waals surface area contributed by atoms with E-state index in [1.807, 2.05) is 0 Å². The quantitative estimate of drug-likeness (QED) is 0.132. The molecule has 0 bridgehead atoms. The molecule has 0 aromatic carbocycles. The van der Waals surface area contributed by atoms with Gasteiger partial charge >= 0.3 is 5.97 Å². The normalized spacial score (nSPS) is 11.4. The first kappa shape index (κ1) is 31.3. The maximum absolute atomic E-state index is 11.7. The van der Waals surface area contributed by atoms with Gasteiger partial charge in [-0.1, -0.05) is 90.9 Å². The van der Waals surface area contributed by atoms with Crippen molar-refractivity contribution in [1.29, 1.82) is 0 Å². The molecule has 0 aliphatic carbocycles. The van der Waals surface area contributed by atoms with Crippen LogP contribution in [0.4, 0.5) is 0 Å². The standard InChI is InChI=1S/C26H52O6/c1-25(2)15-13-11-9-7-5-3-4-6-8-10-12-14-16-26(28)32-24-23-31-22-21-30-20-19-29-18-17-27/h25,27H,3-24H2,1-2H3. The summed E-state index contributed by atoms with van der Waals surface area (Å²) >= 11 is 0. The molecule has 0 saturated carbocycles. The number of aliphatic hydroxyl groups excluding tert-OH is 1. The van der Waals surface area contributed by atoms with Crippen molar-refractivity contribution >= 4 is 5.97 Å². The SMILES string of the molecule is CC(C)CCCCCCCCCCCCCCC(=O)OCCOCCOCCOCCO. The van der Waals surface area contributed by atoms with Crippen LogP contribution in [-0.2, 0) is 23.7 Å². The van der Waals surface area contributed by atoms with Gasteiger partial charge in [0.2, 0.25) is 0 Å². The summed E-state index contributed by atoms with van der Waals surface area (Å²) in [5.41, 5.74) is 0. The van der Waals surface area contributed by atoms with E-state index in [1.54, 1.807) is 0 Å². The van der Waals surface area contributed by atoms with Crippen LogP contribution in [0.25, 0.3) is 0 Å². The molecule has 0 amide bonds. The number of hydrogen-bond acceptors (Lipinski definition) is 6. The first-order valence-corrected chi connectivity index (χ1v) is 13.2. The molecule has 0 aliphatic heterocycles. The van der Waals surface area contributed by atoms with Gasteiger partial charge < -0.3 is 24.1 Å². The fraction of sp³-hybridized carbons (Fsp3) is 0.962. The highest BCUT2D eigenvalue weighted by Gasteiger charge is 2.02. The third-order valence-corrected chi connectivity index (χ3v) is 5.38. The van der Waals surface area contributed by atoms with E-state index >= 15 is 0 Å². The molecule has 0 unspecified atom stereocenters. The molecule has 0 aromatic rings. The Morgan fingerprint density at radius 3 is 1.47 bits per heavy atom. The highest BCUT2D eigenvalue weighted by atomic mass is 16.6. The van der Waals surface area contributed by atoms with Gasteiger partial charge in [-0.2, -0.15) is 0 Å². The molecule has 0 radical (unpaired) electrons. The summed E-state index contributed by atoms with van der Waals surface area (Å²) in [6.07, 6.45) is 17.5. The molecule has 0 fully saturated rings. The number of ether oxygens (including phenoxy) is 4. The third-order valence-electron chi connectivity index (χ3n) is 5.38. The summed E-state index contributed by atoms with van der Waals surface area (Å²) in [7, 11) is 0. The average molecular weight is 461 g/mol. The lowest BCUT2D eigenvalue weighted by molar-refractivity contribution is -0.145. The van der Waals surface area contributed by atoms with Crippen LogP contribution in [0.15, 0.2) is 0 Å². The smallest absolute Gasteiger partial charge is 0.305 e. The van der Waals surface area contributed by atoms with Crippen LogP contribution < -0.4 is 0 Å². The Bertz CT molecular complexity index is 375. The van der Waals surface area contributed by atoms with Gasteiger partial charge in [-0.25, -0.2) is 0 Å². The van der Waals surface area contributed by atoms with Crippen molar-refractivity contribution in [1.82, 2.24) is 0 Å². The van der Waals surface area contributed by atoms with Gasteiger partial charge in [-0.05, 0) is 12.3 Å². The van der Waals surface area contributed by atoms with Crippen LogP contribution in [0.5, 0.6) is 0 Å². The molecule has 6 heteroatoms. The highest BCUT2D eigenvalue weighted by Crippen LogP contribution is 2.14. The van der Waals surface area contributed by atoms with Gasteiger partial charge in [0, 0.05) is 6.42 Å². The lowest BCUT2D eigenvalue weighted by Gasteiger charge is -2.07. The Labute approximate surface area is 197 Å². The summed E-state index contributed by atoms with van der Waals surface area (Å²) in [6.45, 7) is 7.59. The van der Waals surface area contributed by atoms with Gasteiger partial charge in [-0.15, -0.1) is 0 Å². The number of hydrogen-bond donors (Lipinski definition) is 1. The molecule has 192 valence electrons. The molecule has 32 heavy (non-hydrogen) atoms. The van der Waals surface area contributed by atoms with Crippen LogP contribution in [-0.4, -0.2) is 63.9 Å². The van der Waals surface area contributed by atoms with E-state index in [1.165, 1.54) is 70.6 Å².